The monoisotopic (exact) mass is 289 g/mol. The first-order valence-electron chi connectivity index (χ1n) is 7.19. The van der Waals surface area contributed by atoms with Crippen molar-refractivity contribution in [2.75, 3.05) is 20.1 Å². The Morgan fingerprint density at radius 1 is 1.40 bits per heavy atom. The van der Waals surface area contributed by atoms with Crippen LogP contribution in [-0.4, -0.2) is 36.1 Å². The van der Waals surface area contributed by atoms with E-state index in [-0.39, 0.29) is 0 Å². The van der Waals surface area contributed by atoms with Gasteiger partial charge in [-0.15, -0.1) is 0 Å². The first-order chi connectivity index (χ1) is 9.75. The second-order valence-electron chi connectivity index (χ2n) is 5.51. The molecule has 0 amide bonds. The third-order valence-corrected chi connectivity index (χ3v) is 4.50. The molecule has 1 aromatic carbocycles. The molecule has 1 saturated heterocycles. The van der Waals surface area contributed by atoms with Crippen LogP contribution in [0.25, 0.3) is 10.9 Å². The van der Waals surface area contributed by atoms with Crippen LogP contribution in [-0.2, 0) is 6.54 Å². The number of benzene rings is 1. The summed E-state index contributed by atoms with van der Waals surface area (Å²) >= 11 is 6.22. The van der Waals surface area contributed by atoms with Gasteiger partial charge >= 0.3 is 0 Å². The maximum Gasteiger partial charge on any atom is 0.0761 e. The lowest BCUT2D eigenvalue weighted by Gasteiger charge is -2.20. The molecule has 0 bridgehead atoms. The van der Waals surface area contributed by atoms with Crippen LogP contribution >= 0.6 is 11.6 Å². The topological polar surface area (TPSA) is 28.2 Å². The highest BCUT2D eigenvalue weighted by molar-refractivity contribution is 6.35. The minimum atomic E-state index is 0.668. The molecule has 1 aliphatic heterocycles. The minimum Gasteiger partial charge on any atom is -0.311 e. The fourth-order valence-corrected chi connectivity index (χ4v) is 3.17. The zero-order valence-corrected chi connectivity index (χ0v) is 12.5. The fourth-order valence-electron chi connectivity index (χ4n) is 2.95. The Morgan fingerprint density at radius 3 is 3.10 bits per heavy atom. The van der Waals surface area contributed by atoms with Gasteiger partial charge in [0.05, 0.1) is 5.52 Å². The number of rotatable bonds is 4. The van der Waals surface area contributed by atoms with Crippen molar-refractivity contribution in [1.82, 2.24) is 15.2 Å². The van der Waals surface area contributed by atoms with Crippen LogP contribution < -0.4 is 5.32 Å². The number of likely N-dealkylation sites (tertiary alicyclic amines) is 1. The van der Waals surface area contributed by atoms with E-state index in [1.165, 1.54) is 24.9 Å². The quantitative estimate of drug-likeness (QED) is 0.937. The second kappa shape index (κ2) is 6.08. The van der Waals surface area contributed by atoms with E-state index in [9.17, 15) is 0 Å². The van der Waals surface area contributed by atoms with Crippen LogP contribution in [0.2, 0.25) is 5.02 Å². The molecule has 106 valence electrons. The molecule has 2 aromatic rings. The molecule has 4 heteroatoms. The molecule has 0 radical (unpaired) electrons. The molecule has 1 unspecified atom stereocenters. The van der Waals surface area contributed by atoms with Gasteiger partial charge in [0.25, 0.3) is 0 Å². The van der Waals surface area contributed by atoms with Crippen molar-refractivity contribution in [3.8, 4) is 0 Å². The number of halogens is 1. The van der Waals surface area contributed by atoms with Gasteiger partial charge in [-0.05, 0) is 50.2 Å². The Morgan fingerprint density at radius 2 is 2.30 bits per heavy atom. The standard InChI is InChI=1S/C16H20ClN3/c1-20-9-3-4-13(20)11-18-10-12-6-7-15(17)14-5-2-8-19-16(12)14/h2,5-8,13,18H,3-4,9-11H2,1H3. The van der Waals surface area contributed by atoms with Gasteiger partial charge in [-0.1, -0.05) is 17.7 Å². The summed E-state index contributed by atoms with van der Waals surface area (Å²) in [5, 5.41) is 5.37. The van der Waals surface area contributed by atoms with Crippen molar-refractivity contribution >= 4 is 22.5 Å². The van der Waals surface area contributed by atoms with Crippen molar-refractivity contribution in [1.29, 1.82) is 0 Å². The van der Waals surface area contributed by atoms with Gasteiger partial charge < -0.3 is 10.2 Å². The number of aromatic nitrogens is 1. The van der Waals surface area contributed by atoms with Gasteiger partial charge in [0.1, 0.15) is 0 Å². The van der Waals surface area contributed by atoms with E-state index in [4.69, 9.17) is 11.6 Å². The highest BCUT2D eigenvalue weighted by Gasteiger charge is 2.20. The van der Waals surface area contributed by atoms with Crippen molar-refractivity contribution in [3.05, 3.63) is 41.0 Å². The van der Waals surface area contributed by atoms with E-state index in [2.05, 4.69) is 28.3 Å². The molecule has 0 aliphatic carbocycles. The summed E-state index contributed by atoms with van der Waals surface area (Å²) in [6, 6.07) is 8.66. The first-order valence-corrected chi connectivity index (χ1v) is 7.56. The Hall–Kier alpha value is -1.16. The molecule has 1 N–H and O–H groups in total. The van der Waals surface area contributed by atoms with Crippen LogP contribution in [0.15, 0.2) is 30.5 Å². The molecule has 3 rings (SSSR count). The molecule has 0 saturated carbocycles. The van der Waals surface area contributed by atoms with Gasteiger partial charge in [0.2, 0.25) is 0 Å². The highest BCUT2D eigenvalue weighted by atomic mass is 35.5. The highest BCUT2D eigenvalue weighted by Crippen LogP contribution is 2.24. The molecule has 1 aliphatic rings. The van der Waals surface area contributed by atoms with Crippen molar-refractivity contribution in [3.63, 3.8) is 0 Å². The number of fused-ring (bicyclic) bond motifs is 1. The van der Waals surface area contributed by atoms with E-state index in [0.29, 0.717) is 6.04 Å². The van der Waals surface area contributed by atoms with Gasteiger partial charge in [-0.25, -0.2) is 0 Å². The number of pyridine rings is 1. The van der Waals surface area contributed by atoms with Gasteiger partial charge in [0, 0.05) is 35.7 Å². The zero-order chi connectivity index (χ0) is 13.9. The van der Waals surface area contributed by atoms with Crippen LogP contribution in [0.3, 0.4) is 0 Å². The first kappa shape index (κ1) is 13.8. The number of nitrogens with zero attached hydrogens (tertiary/aromatic N) is 2. The Kier molecular flexibility index (Phi) is 4.20. The summed E-state index contributed by atoms with van der Waals surface area (Å²) in [6.07, 6.45) is 4.43. The predicted octanol–water partition coefficient (Wildman–Crippen LogP) is 3.07. The van der Waals surface area contributed by atoms with E-state index in [1.807, 2.05) is 24.4 Å². The molecule has 1 aromatic heterocycles. The largest absolute Gasteiger partial charge is 0.311 e. The summed E-state index contributed by atoms with van der Waals surface area (Å²) < 4.78 is 0. The summed E-state index contributed by atoms with van der Waals surface area (Å²) in [5.41, 5.74) is 2.22. The van der Waals surface area contributed by atoms with Gasteiger partial charge in [0.15, 0.2) is 0 Å². The van der Waals surface area contributed by atoms with Crippen LogP contribution in [0.1, 0.15) is 18.4 Å². The summed E-state index contributed by atoms with van der Waals surface area (Å²) in [5.74, 6) is 0. The number of likely N-dealkylation sites (N-methyl/N-ethyl adjacent to an activating group) is 1. The lowest BCUT2D eigenvalue weighted by Crippen LogP contribution is -2.35. The minimum absolute atomic E-state index is 0.668. The maximum atomic E-state index is 6.22. The smallest absolute Gasteiger partial charge is 0.0761 e. The zero-order valence-electron chi connectivity index (χ0n) is 11.8. The average molecular weight is 290 g/mol. The lowest BCUT2D eigenvalue weighted by atomic mass is 10.1. The second-order valence-corrected chi connectivity index (χ2v) is 5.92. The molecule has 1 fully saturated rings. The van der Waals surface area contributed by atoms with Crippen LogP contribution in [0.4, 0.5) is 0 Å². The number of hydrogen-bond donors (Lipinski definition) is 1. The molecule has 20 heavy (non-hydrogen) atoms. The maximum absolute atomic E-state index is 6.22. The molecule has 2 heterocycles. The average Bonchev–Trinajstić information content (AvgIpc) is 2.87. The number of nitrogens with one attached hydrogen (secondary N) is 1. The van der Waals surface area contributed by atoms with E-state index in [0.717, 1.165) is 29.0 Å². The predicted molar refractivity (Wildman–Crippen MR) is 84.1 cm³/mol. The third-order valence-electron chi connectivity index (χ3n) is 4.17. The Balaban J connectivity index is 1.70. The fraction of sp³-hybridized carbons (Fsp3) is 0.438. The van der Waals surface area contributed by atoms with E-state index < -0.39 is 0 Å². The van der Waals surface area contributed by atoms with Crippen molar-refractivity contribution < 1.29 is 0 Å². The van der Waals surface area contributed by atoms with Gasteiger partial charge in [-0.2, -0.15) is 0 Å². The molecule has 0 spiro atoms. The molecular weight excluding hydrogens is 270 g/mol. The molecule has 3 nitrogen and oxygen atoms in total. The number of hydrogen-bond acceptors (Lipinski definition) is 3. The summed E-state index contributed by atoms with van der Waals surface area (Å²) in [4.78, 5) is 6.91. The normalized spacial score (nSPS) is 19.8. The lowest BCUT2D eigenvalue weighted by molar-refractivity contribution is 0.300. The summed E-state index contributed by atoms with van der Waals surface area (Å²) in [7, 11) is 2.21. The SMILES string of the molecule is CN1CCCC1CNCc1ccc(Cl)c2cccnc12. The van der Waals surface area contributed by atoms with Crippen LogP contribution in [0.5, 0.6) is 0 Å². The Labute approximate surface area is 124 Å². The molecular formula is C16H20ClN3. The van der Waals surface area contributed by atoms with Gasteiger partial charge in [-0.3, -0.25) is 4.98 Å². The Bertz CT molecular complexity index is 599. The third kappa shape index (κ3) is 2.80. The molecule has 1 atom stereocenters. The van der Waals surface area contributed by atoms with E-state index >= 15 is 0 Å². The van der Waals surface area contributed by atoms with E-state index in [1.54, 1.807) is 0 Å². The van der Waals surface area contributed by atoms with Crippen molar-refractivity contribution in [2.24, 2.45) is 0 Å². The summed E-state index contributed by atoms with van der Waals surface area (Å²) in [6.45, 7) is 3.10. The van der Waals surface area contributed by atoms with Crippen LogP contribution in [0, 0.1) is 0 Å². The van der Waals surface area contributed by atoms with Crippen molar-refractivity contribution in [2.45, 2.75) is 25.4 Å².